The van der Waals surface area contributed by atoms with Gasteiger partial charge in [-0.2, -0.15) is 0 Å². The van der Waals surface area contributed by atoms with Crippen LogP contribution < -0.4 is 10.1 Å². The van der Waals surface area contributed by atoms with Crippen LogP contribution in [0.5, 0.6) is 5.75 Å². The lowest BCUT2D eigenvalue weighted by Crippen LogP contribution is -2.20. The zero-order valence-electron chi connectivity index (χ0n) is 11.2. The van der Waals surface area contributed by atoms with E-state index < -0.39 is 0 Å². The fourth-order valence-corrected chi connectivity index (χ4v) is 2.66. The smallest absolute Gasteiger partial charge is 0.143 e. The van der Waals surface area contributed by atoms with Gasteiger partial charge in [0.2, 0.25) is 0 Å². The Kier molecular flexibility index (Phi) is 3.93. The summed E-state index contributed by atoms with van der Waals surface area (Å²) in [5.41, 5.74) is 5.63. The van der Waals surface area contributed by atoms with Crippen LogP contribution in [0.1, 0.15) is 43.4 Å². The number of nitrogens with one attached hydrogen (secondary N) is 1. The Morgan fingerprint density at radius 3 is 2.71 bits per heavy atom. The van der Waals surface area contributed by atoms with Gasteiger partial charge in [-0.05, 0) is 42.5 Å². The molecule has 17 heavy (non-hydrogen) atoms. The third-order valence-corrected chi connectivity index (χ3v) is 3.45. The average Bonchev–Trinajstić information content (AvgIpc) is 2.34. The number of anilines is 1. The molecule has 0 unspecified atom stereocenters. The first-order chi connectivity index (χ1) is 8.27. The number of aryl methyl sites for hydroxylation is 1. The summed E-state index contributed by atoms with van der Waals surface area (Å²) in [6.45, 7) is 8.42. The molecule has 0 saturated carbocycles. The molecule has 0 fully saturated rings. The molecule has 1 heterocycles. The first-order valence-electron chi connectivity index (χ1n) is 6.80. The van der Waals surface area contributed by atoms with E-state index >= 15 is 0 Å². The second-order valence-corrected chi connectivity index (χ2v) is 4.79. The van der Waals surface area contributed by atoms with Gasteiger partial charge in [-0.3, -0.25) is 0 Å². The van der Waals surface area contributed by atoms with Crippen molar-refractivity contribution in [2.45, 2.75) is 46.5 Å². The quantitative estimate of drug-likeness (QED) is 0.856. The Labute approximate surface area is 104 Å². The fraction of sp³-hybridized carbons (Fsp3) is 0.600. The molecule has 0 aromatic heterocycles. The maximum Gasteiger partial charge on any atom is 0.143 e. The maximum absolute atomic E-state index is 5.76. The molecule has 0 amide bonds. The number of hydrogen-bond donors (Lipinski definition) is 1. The zero-order chi connectivity index (χ0) is 12.3. The molecule has 0 radical (unpaired) electrons. The molecule has 1 aliphatic rings. The highest BCUT2D eigenvalue weighted by molar-refractivity contribution is 5.67. The van der Waals surface area contributed by atoms with Crippen LogP contribution in [0.15, 0.2) is 6.07 Å². The minimum absolute atomic E-state index is 0.783. The van der Waals surface area contributed by atoms with Gasteiger partial charge in [0, 0.05) is 6.54 Å². The van der Waals surface area contributed by atoms with Gasteiger partial charge < -0.3 is 10.1 Å². The fourth-order valence-electron chi connectivity index (χ4n) is 2.66. The van der Waals surface area contributed by atoms with E-state index in [4.69, 9.17) is 4.74 Å². The van der Waals surface area contributed by atoms with Crippen LogP contribution in [0.2, 0.25) is 0 Å². The lowest BCUT2D eigenvalue weighted by molar-refractivity contribution is 0.322. The van der Waals surface area contributed by atoms with E-state index in [1.165, 1.54) is 41.6 Å². The van der Waals surface area contributed by atoms with Crippen molar-refractivity contribution in [1.29, 1.82) is 0 Å². The summed E-state index contributed by atoms with van der Waals surface area (Å²) in [6, 6.07) is 2.25. The topological polar surface area (TPSA) is 21.3 Å². The molecule has 0 bridgehead atoms. The van der Waals surface area contributed by atoms with Gasteiger partial charge in [-0.15, -0.1) is 0 Å². The normalized spacial score (nSPS) is 13.8. The Hall–Kier alpha value is -1.18. The second-order valence-electron chi connectivity index (χ2n) is 4.79. The molecule has 0 saturated heterocycles. The molecule has 2 nitrogen and oxygen atoms in total. The van der Waals surface area contributed by atoms with Gasteiger partial charge in [0.25, 0.3) is 0 Å². The number of ether oxygens (including phenoxy) is 1. The largest absolute Gasteiger partial charge is 0.490 e. The zero-order valence-corrected chi connectivity index (χ0v) is 11.2. The van der Waals surface area contributed by atoms with Crippen LogP contribution in [0, 0.1) is 6.92 Å². The van der Waals surface area contributed by atoms with E-state index in [0.717, 1.165) is 25.3 Å². The van der Waals surface area contributed by atoms with E-state index in [1.54, 1.807) is 0 Å². The summed E-state index contributed by atoms with van der Waals surface area (Å²) in [7, 11) is 0. The van der Waals surface area contributed by atoms with Crippen molar-refractivity contribution in [1.82, 2.24) is 0 Å². The van der Waals surface area contributed by atoms with Crippen molar-refractivity contribution in [3.63, 3.8) is 0 Å². The monoisotopic (exact) mass is 233 g/mol. The Balaban J connectivity index is 2.46. The predicted molar refractivity (Wildman–Crippen MR) is 73.2 cm³/mol. The molecule has 1 N–H and O–H groups in total. The van der Waals surface area contributed by atoms with Gasteiger partial charge in [0.05, 0.1) is 5.69 Å². The Bertz CT molecular complexity index is 398. The number of hydrogen-bond acceptors (Lipinski definition) is 2. The van der Waals surface area contributed by atoms with E-state index in [0.29, 0.717) is 0 Å². The molecular weight excluding hydrogens is 210 g/mol. The van der Waals surface area contributed by atoms with Gasteiger partial charge in [-0.1, -0.05) is 26.7 Å². The molecule has 1 aliphatic heterocycles. The van der Waals surface area contributed by atoms with E-state index in [9.17, 15) is 0 Å². The highest BCUT2D eigenvalue weighted by atomic mass is 16.5. The van der Waals surface area contributed by atoms with Gasteiger partial charge in [-0.25, -0.2) is 0 Å². The maximum atomic E-state index is 5.76. The van der Waals surface area contributed by atoms with Crippen LogP contribution in [0.4, 0.5) is 5.69 Å². The van der Waals surface area contributed by atoms with Gasteiger partial charge in [0.15, 0.2) is 0 Å². The van der Waals surface area contributed by atoms with Crippen molar-refractivity contribution in [2.24, 2.45) is 0 Å². The molecular formula is C15H23NO. The molecule has 1 aromatic carbocycles. The number of benzene rings is 1. The number of rotatable bonds is 4. The lowest BCUT2D eigenvalue weighted by Gasteiger charge is -2.25. The molecule has 0 spiro atoms. The molecule has 1 aromatic rings. The van der Waals surface area contributed by atoms with Crippen LogP contribution in [-0.4, -0.2) is 13.2 Å². The van der Waals surface area contributed by atoms with Crippen molar-refractivity contribution in [2.75, 3.05) is 18.5 Å². The van der Waals surface area contributed by atoms with Crippen LogP contribution >= 0.6 is 0 Å². The summed E-state index contributed by atoms with van der Waals surface area (Å²) < 4.78 is 5.76. The molecule has 2 heteroatoms. The first kappa shape index (κ1) is 12.3. The highest BCUT2D eigenvalue weighted by Gasteiger charge is 2.17. The molecule has 2 rings (SSSR count). The minimum atomic E-state index is 0.783. The summed E-state index contributed by atoms with van der Waals surface area (Å²) in [5, 5.41) is 3.47. The third-order valence-electron chi connectivity index (χ3n) is 3.45. The van der Waals surface area contributed by atoms with E-state index in [2.05, 4.69) is 32.2 Å². The van der Waals surface area contributed by atoms with Crippen LogP contribution in [0.3, 0.4) is 0 Å². The molecule has 94 valence electrons. The van der Waals surface area contributed by atoms with Crippen molar-refractivity contribution >= 4 is 5.69 Å². The average molecular weight is 233 g/mol. The Morgan fingerprint density at radius 2 is 2.00 bits per heavy atom. The summed E-state index contributed by atoms with van der Waals surface area (Å²) in [4.78, 5) is 0. The van der Waals surface area contributed by atoms with E-state index in [1.807, 2.05) is 0 Å². The van der Waals surface area contributed by atoms with Crippen molar-refractivity contribution in [3.8, 4) is 5.75 Å². The second kappa shape index (κ2) is 5.44. The van der Waals surface area contributed by atoms with Crippen LogP contribution in [0.25, 0.3) is 0 Å². The SMILES string of the molecule is CCCc1cc2c(c(C)c1CCC)NCCO2. The standard InChI is InChI=1S/C15H23NO/c1-4-6-12-10-14-15(16-8-9-17-14)11(3)13(12)7-5-2/h10,16H,4-9H2,1-3H3. The van der Waals surface area contributed by atoms with E-state index in [-0.39, 0.29) is 0 Å². The predicted octanol–water partition coefficient (Wildman–Crippen LogP) is 3.70. The van der Waals surface area contributed by atoms with Crippen molar-refractivity contribution < 1.29 is 4.74 Å². The summed E-state index contributed by atoms with van der Waals surface area (Å²) in [5.74, 6) is 1.05. The number of fused-ring (bicyclic) bond motifs is 1. The van der Waals surface area contributed by atoms with Gasteiger partial charge >= 0.3 is 0 Å². The summed E-state index contributed by atoms with van der Waals surface area (Å²) >= 11 is 0. The molecule has 0 atom stereocenters. The van der Waals surface area contributed by atoms with Gasteiger partial charge in [0.1, 0.15) is 12.4 Å². The van der Waals surface area contributed by atoms with Crippen LogP contribution in [-0.2, 0) is 12.8 Å². The lowest BCUT2D eigenvalue weighted by atomic mass is 9.93. The third kappa shape index (κ3) is 2.41. The highest BCUT2D eigenvalue weighted by Crippen LogP contribution is 2.36. The summed E-state index contributed by atoms with van der Waals surface area (Å²) in [6.07, 6.45) is 4.74. The minimum Gasteiger partial charge on any atom is -0.490 e. The first-order valence-corrected chi connectivity index (χ1v) is 6.80. The Morgan fingerprint density at radius 1 is 1.24 bits per heavy atom. The van der Waals surface area contributed by atoms with Crippen molar-refractivity contribution in [3.05, 3.63) is 22.8 Å². The molecule has 0 aliphatic carbocycles.